The molecule has 0 fully saturated rings. The van der Waals surface area contributed by atoms with Crippen LogP contribution in [0.1, 0.15) is 112 Å². The van der Waals surface area contributed by atoms with Crippen molar-refractivity contribution in [2.24, 2.45) is 0 Å². The lowest BCUT2D eigenvalue weighted by Gasteiger charge is -2.19. The number of hydrogen-bond acceptors (Lipinski definition) is 7. The van der Waals surface area contributed by atoms with Crippen molar-refractivity contribution in [1.29, 1.82) is 0 Å². The van der Waals surface area contributed by atoms with Crippen molar-refractivity contribution in [2.75, 3.05) is 39.6 Å². The summed E-state index contributed by atoms with van der Waals surface area (Å²) < 4.78 is 42.9. The zero-order chi connectivity index (χ0) is 38.2. The maximum Gasteiger partial charge on any atom is 0.188 e. The van der Waals surface area contributed by atoms with Crippen LogP contribution in [0.4, 0.5) is 0 Å². The minimum absolute atomic E-state index is 0. The maximum atomic E-state index is 6.51. The summed E-state index contributed by atoms with van der Waals surface area (Å²) in [6.45, 7) is 13.8. The van der Waals surface area contributed by atoms with Crippen molar-refractivity contribution in [2.45, 2.75) is 104 Å². The van der Waals surface area contributed by atoms with Gasteiger partial charge >= 0.3 is 0 Å². The molecule has 0 aromatic carbocycles. The molecule has 0 saturated heterocycles. The van der Waals surface area contributed by atoms with Gasteiger partial charge in [0.15, 0.2) is 34.5 Å². The first kappa shape index (κ1) is 39.3. The molecule has 0 saturated carbocycles. The lowest BCUT2D eigenvalue weighted by molar-refractivity contribution is 0.174. The Bertz CT molecular complexity index is 2290. The smallest absolute Gasteiger partial charge is 0.188 e. The van der Waals surface area contributed by atoms with Gasteiger partial charge in [-0.05, 0) is 78.4 Å². The van der Waals surface area contributed by atoms with Gasteiger partial charge in [0.05, 0.1) is 44.0 Å². The Morgan fingerprint density at radius 2 is 1.04 bits per heavy atom. The minimum Gasteiger partial charge on any atom is -0.488 e. The van der Waals surface area contributed by atoms with Crippen LogP contribution in [-0.4, -0.2) is 48.8 Å². The SMILES string of the molecule is C=C=C=C=C=C=C=C=C=C=C=Cn1c(C)c2c(c1-c1sc(-c3c4c(c(C)n3CCCCCCCCCCCC)OCCCO4)c3c1OCCO3)OCCCO2.[HH].[HH].[HH].[HH].[HH].[HH].[HH].[HH].[HH].[HH].[HH].[HH]. The fraction of sp³-hybridized carbons (Fsp3) is 0.478. The molecule has 3 aromatic heterocycles. The molecule has 310 valence electrons. The van der Waals surface area contributed by atoms with Gasteiger partial charge in [-0.1, -0.05) is 70.4 Å². The largest absolute Gasteiger partial charge is 0.488 e. The molecule has 6 heterocycles. The molecule has 3 aromatic rings. The molecule has 0 spiro atoms. The summed E-state index contributed by atoms with van der Waals surface area (Å²) in [5, 5.41) is 0. The second-order valence-electron chi connectivity index (χ2n) is 13.6. The lowest BCUT2D eigenvalue weighted by Crippen LogP contribution is -2.15. The van der Waals surface area contributed by atoms with E-state index in [9.17, 15) is 0 Å². The molecular weight excluding hydrogens is 709 g/mol. The van der Waals surface area contributed by atoms with Gasteiger partial charge in [-0.15, -0.1) is 11.3 Å². The Morgan fingerprint density at radius 1 is 0.564 bits per heavy atom. The number of fused-ring (bicyclic) bond motifs is 3. The van der Waals surface area contributed by atoms with Crippen LogP contribution in [0.3, 0.4) is 0 Å². The molecule has 9 heteroatoms. The van der Waals surface area contributed by atoms with Gasteiger partial charge in [-0.2, -0.15) is 0 Å². The van der Waals surface area contributed by atoms with Crippen LogP contribution in [0.2, 0.25) is 0 Å². The average molecular weight is 783 g/mol. The van der Waals surface area contributed by atoms with Gasteiger partial charge in [0.1, 0.15) is 34.4 Å². The molecule has 0 unspecified atom stereocenters. The van der Waals surface area contributed by atoms with Gasteiger partial charge in [0, 0.05) is 36.5 Å². The molecule has 6 rings (SSSR count). The van der Waals surface area contributed by atoms with Gasteiger partial charge in [0.2, 0.25) is 0 Å². The number of ether oxygens (including phenoxy) is 6. The van der Waals surface area contributed by atoms with Gasteiger partial charge in [-0.3, -0.25) is 0 Å². The Balaban J connectivity index is -0.000000600. The quantitative estimate of drug-likeness (QED) is 0.120. The highest BCUT2D eigenvalue weighted by Gasteiger charge is 2.37. The third kappa shape index (κ3) is 9.46. The van der Waals surface area contributed by atoms with Crippen molar-refractivity contribution in [3.63, 3.8) is 0 Å². The third-order valence-electron chi connectivity index (χ3n) is 9.70. The van der Waals surface area contributed by atoms with E-state index < -0.39 is 0 Å². The fourth-order valence-electron chi connectivity index (χ4n) is 7.03. The Morgan fingerprint density at radius 3 is 1.64 bits per heavy atom. The summed E-state index contributed by atoms with van der Waals surface area (Å²) in [7, 11) is 0. The van der Waals surface area contributed by atoms with Crippen LogP contribution in [0, 0.1) is 13.8 Å². The highest BCUT2D eigenvalue weighted by Crippen LogP contribution is 2.60. The lowest BCUT2D eigenvalue weighted by atomic mass is 10.1. The van der Waals surface area contributed by atoms with Gasteiger partial charge in [-0.25, -0.2) is 0 Å². The number of thiophene rings is 1. The van der Waals surface area contributed by atoms with Crippen LogP contribution in [0.25, 0.3) is 27.3 Å². The number of aromatic nitrogens is 2. The van der Waals surface area contributed by atoms with Crippen molar-refractivity contribution < 1.29 is 45.5 Å². The summed E-state index contributed by atoms with van der Waals surface area (Å²) in [5.41, 5.74) is 30.6. The Hall–Kier alpha value is -5.40. The molecule has 3 aliphatic rings. The Kier molecular flexibility index (Phi) is 14.5. The van der Waals surface area contributed by atoms with E-state index in [1.165, 1.54) is 57.8 Å². The average Bonchev–Trinajstić information content (AvgIpc) is 3.55. The Labute approximate surface area is 346 Å². The summed E-state index contributed by atoms with van der Waals surface area (Å²) in [4.78, 5) is 1.81. The van der Waals surface area contributed by atoms with Gasteiger partial charge in [0.25, 0.3) is 0 Å². The van der Waals surface area contributed by atoms with Crippen molar-refractivity contribution >= 4 is 17.5 Å². The maximum absolute atomic E-state index is 6.51. The van der Waals surface area contributed by atoms with E-state index in [-0.39, 0.29) is 17.1 Å². The highest BCUT2D eigenvalue weighted by molar-refractivity contribution is 7.19. The predicted molar refractivity (Wildman–Crippen MR) is 242 cm³/mol. The highest BCUT2D eigenvalue weighted by atomic mass is 32.1. The molecule has 3 aliphatic heterocycles. The second kappa shape index (κ2) is 20.3. The zero-order valence-corrected chi connectivity index (χ0v) is 33.3. The predicted octanol–water partition coefficient (Wildman–Crippen LogP) is 13.9. The molecule has 55 heavy (non-hydrogen) atoms. The molecule has 0 bridgehead atoms. The van der Waals surface area contributed by atoms with Crippen molar-refractivity contribution in [3.05, 3.63) is 75.3 Å². The van der Waals surface area contributed by atoms with E-state index in [4.69, 9.17) is 28.4 Å². The van der Waals surface area contributed by atoms with Crippen LogP contribution in [-0.2, 0) is 6.54 Å². The van der Waals surface area contributed by atoms with Crippen LogP contribution >= 0.6 is 11.3 Å². The summed E-state index contributed by atoms with van der Waals surface area (Å²) >= 11 is 1.61. The van der Waals surface area contributed by atoms with E-state index in [0.717, 1.165) is 69.8 Å². The molecule has 8 nitrogen and oxygen atoms in total. The van der Waals surface area contributed by atoms with E-state index in [1.807, 2.05) is 11.5 Å². The van der Waals surface area contributed by atoms with Gasteiger partial charge < -0.3 is 37.6 Å². The van der Waals surface area contributed by atoms with E-state index in [2.05, 4.69) is 82.3 Å². The van der Waals surface area contributed by atoms with E-state index in [0.29, 0.717) is 62.6 Å². The van der Waals surface area contributed by atoms with E-state index >= 15 is 0 Å². The fourth-order valence-corrected chi connectivity index (χ4v) is 8.31. The molecule has 0 aliphatic carbocycles. The molecule has 0 amide bonds. The molecule has 0 N–H and O–H groups in total. The number of nitrogens with zero attached hydrogens (tertiary/aromatic N) is 2. The number of rotatable bonds is 14. The van der Waals surface area contributed by atoms with Crippen LogP contribution in [0.15, 0.2) is 63.9 Å². The first-order valence-corrected chi connectivity index (χ1v) is 20.5. The monoisotopic (exact) mass is 783 g/mol. The summed E-state index contributed by atoms with van der Waals surface area (Å²) in [5.74, 6) is 4.33. The molecule has 0 radical (unpaired) electrons. The normalized spacial score (nSPS) is 13.4. The molecule has 0 atom stereocenters. The second-order valence-corrected chi connectivity index (χ2v) is 14.6. The number of hydrogen-bond donors (Lipinski definition) is 0. The first-order valence-electron chi connectivity index (χ1n) is 19.7. The van der Waals surface area contributed by atoms with Crippen molar-refractivity contribution in [3.8, 4) is 55.6 Å². The first-order chi connectivity index (χ1) is 27.2. The zero-order valence-electron chi connectivity index (χ0n) is 32.5. The summed E-state index contributed by atoms with van der Waals surface area (Å²) in [6.07, 6.45) is 16.2. The van der Waals surface area contributed by atoms with E-state index in [1.54, 1.807) is 17.5 Å². The third-order valence-corrected chi connectivity index (χ3v) is 10.9. The van der Waals surface area contributed by atoms with Crippen LogP contribution in [0.5, 0.6) is 34.5 Å². The topological polar surface area (TPSA) is 65.2 Å². The van der Waals surface area contributed by atoms with Crippen LogP contribution < -0.4 is 28.4 Å². The van der Waals surface area contributed by atoms with Crippen molar-refractivity contribution in [1.82, 2.24) is 9.13 Å². The minimum atomic E-state index is 0. The molecular formula is C46H74N2O6S. The summed E-state index contributed by atoms with van der Waals surface area (Å²) in [6, 6.07) is 0. The standard InChI is InChI=1S/C46H50N2O6S.12H2/c1-5-7-9-11-13-15-17-19-21-23-27-47-35(3)39-41(51-31-25-29-49-39)37(47)45-43-44(54-34-33-53-43)46(55-45)38-42-40(50-30-26-32-52-42)36(4)48(38)28-24-22-20-18-16-14-12-10-8-6-2;;;;;;;;;;;;/h27H,1,6,8,10,12,14,16,18,20,22,24-26,28-34H2,2-4H3;12*1H. The number of unbranched alkanes of at least 4 members (excludes halogenated alkanes) is 9.